The minimum atomic E-state index is -3.40. The maximum atomic E-state index is 15.0. The number of rotatable bonds is 5. The Labute approximate surface area is 193 Å². The number of imidazole rings is 1. The number of para-hydroxylation sites is 1. The molecule has 0 unspecified atom stereocenters. The second-order valence-corrected chi connectivity index (χ2v) is 10.2. The molecular weight excluding hydrogens is 469 g/mol. The quantitative estimate of drug-likeness (QED) is 0.433. The third-order valence-corrected chi connectivity index (χ3v) is 7.08. The highest BCUT2D eigenvalue weighted by atomic mass is 32.2. The number of sulfone groups is 1. The van der Waals surface area contributed by atoms with Gasteiger partial charge in [-0.25, -0.2) is 17.8 Å². The normalized spacial score (nSPS) is 17.9. The highest BCUT2D eigenvalue weighted by Crippen LogP contribution is 2.44. The van der Waals surface area contributed by atoms with Crippen LogP contribution in [0.5, 0.6) is 5.75 Å². The summed E-state index contributed by atoms with van der Waals surface area (Å²) in [6.07, 6.45) is 0.306. The summed E-state index contributed by atoms with van der Waals surface area (Å²) in [5, 5.41) is 10.6. The van der Waals surface area contributed by atoms with Crippen LogP contribution in [0.3, 0.4) is 0 Å². The summed E-state index contributed by atoms with van der Waals surface area (Å²) in [5.41, 5.74) is 1.93. The molecule has 34 heavy (non-hydrogen) atoms. The fraction of sp³-hybridized carbons (Fsp3) is 0.208. The van der Waals surface area contributed by atoms with Crippen LogP contribution in [0.15, 0.2) is 65.6 Å². The summed E-state index contributed by atoms with van der Waals surface area (Å²) in [6.45, 7) is -3.01. The molecule has 2 atom stereocenters. The molecule has 0 saturated carbocycles. The largest absolute Gasteiger partial charge is 0.434 e. The number of hydrogen-bond acceptors (Lipinski definition) is 5. The van der Waals surface area contributed by atoms with Gasteiger partial charge in [0, 0.05) is 29.9 Å². The summed E-state index contributed by atoms with van der Waals surface area (Å²) in [5.74, 6) is -0.275. The fourth-order valence-electron chi connectivity index (χ4n) is 4.45. The summed E-state index contributed by atoms with van der Waals surface area (Å²) in [7, 11) is -3.40. The Morgan fingerprint density at radius 3 is 2.50 bits per heavy atom. The average Bonchev–Trinajstić information content (AvgIpc) is 3.29. The lowest BCUT2D eigenvalue weighted by Crippen LogP contribution is -2.10. The molecule has 0 saturated heterocycles. The van der Waals surface area contributed by atoms with E-state index in [9.17, 15) is 26.7 Å². The predicted molar refractivity (Wildman–Crippen MR) is 119 cm³/mol. The van der Waals surface area contributed by atoms with Crippen LogP contribution in [0, 0.1) is 5.82 Å². The molecule has 10 heteroatoms. The number of ether oxygens (including phenoxy) is 1. The molecular formula is C24H19F3N2O4S. The van der Waals surface area contributed by atoms with Gasteiger partial charge in [0.1, 0.15) is 23.5 Å². The summed E-state index contributed by atoms with van der Waals surface area (Å²) >= 11 is 0. The molecule has 0 aliphatic carbocycles. The number of aliphatic hydroxyl groups excluding tert-OH is 1. The molecule has 176 valence electrons. The van der Waals surface area contributed by atoms with Gasteiger partial charge in [0.05, 0.1) is 22.0 Å². The van der Waals surface area contributed by atoms with Crippen molar-refractivity contribution < 1.29 is 31.4 Å². The van der Waals surface area contributed by atoms with Crippen LogP contribution < -0.4 is 4.74 Å². The third kappa shape index (κ3) is 3.82. The van der Waals surface area contributed by atoms with Crippen LogP contribution in [-0.4, -0.2) is 35.9 Å². The molecule has 0 spiro atoms. The van der Waals surface area contributed by atoms with Crippen molar-refractivity contribution in [2.45, 2.75) is 30.1 Å². The zero-order valence-electron chi connectivity index (χ0n) is 17.8. The molecule has 0 fully saturated rings. The number of benzene rings is 3. The number of aromatic nitrogens is 2. The van der Waals surface area contributed by atoms with Crippen molar-refractivity contribution in [3.8, 4) is 16.9 Å². The van der Waals surface area contributed by atoms with E-state index in [1.165, 1.54) is 36.4 Å². The number of alkyl halides is 2. The van der Waals surface area contributed by atoms with Gasteiger partial charge in [-0.15, -0.1) is 0 Å². The topological polar surface area (TPSA) is 81.4 Å². The van der Waals surface area contributed by atoms with Gasteiger partial charge in [-0.05, 0) is 29.8 Å². The van der Waals surface area contributed by atoms with Gasteiger partial charge in [0.2, 0.25) is 0 Å². The minimum Gasteiger partial charge on any atom is -0.434 e. The molecule has 2 heterocycles. The maximum Gasteiger partial charge on any atom is 0.387 e. The minimum absolute atomic E-state index is 0.0110. The maximum absolute atomic E-state index is 15.0. The van der Waals surface area contributed by atoms with Crippen LogP contribution in [-0.2, 0) is 9.84 Å². The Balaban J connectivity index is 1.65. The van der Waals surface area contributed by atoms with E-state index in [-0.39, 0.29) is 22.6 Å². The SMILES string of the molecule is CS(=O)(=O)c1ccc(-c2cc3c(cc2F)nc2n3[C@@H](c3ccccc3OC(F)F)C[C@@H]2O)cc1. The first-order valence-corrected chi connectivity index (χ1v) is 12.3. The smallest absolute Gasteiger partial charge is 0.387 e. The first-order valence-electron chi connectivity index (χ1n) is 10.4. The highest BCUT2D eigenvalue weighted by molar-refractivity contribution is 7.90. The number of fused-ring (bicyclic) bond motifs is 3. The first-order chi connectivity index (χ1) is 16.1. The van der Waals surface area contributed by atoms with Crippen LogP contribution in [0.1, 0.15) is 30.0 Å². The lowest BCUT2D eigenvalue weighted by molar-refractivity contribution is -0.0507. The number of aliphatic hydroxyl groups is 1. The Hall–Kier alpha value is -3.37. The van der Waals surface area contributed by atoms with E-state index in [2.05, 4.69) is 9.72 Å². The monoisotopic (exact) mass is 488 g/mol. The van der Waals surface area contributed by atoms with Gasteiger partial charge in [0.25, 0.3) is 0 Å². The standard InChI is InChI=1S/C24H19F3N2O4S/c1-34(31,32)14-8-6-13(7-9-14)16-10-20-18(11-17(16)25)28-23-21(30)12-19(29(20)23)15-4-2-3-5-22(15)33-24(26)27/h2-11,19,21,24,30H,12H2,1H3/t19-,21+/m1/s1. The van der Waals surface area contributed by atoms with Gasteiger partial charge in [-0.3, -0.25) is 0 Å². The molecule has 4 aromatic rings. The Morgan fingerprint density at radius 1 is 1.12 bits per heavy atom. The molecule has 0 radical (unpaired) electrons. The molecule has 6 nitrogen and oxygen atoms in total. The third-order valence-electron chi connectivity index (χ3n) is 5.95. The lowest BCUT2D eigenvalue weighted by Gasteiger charge is -2.19. The van der Waals surface area contributed by atoms with Crippen LogP contribution in [0.25, 0.3) is 22.2 Å². The van der Waals surface area contributed by atoms with Crippen molar-refractivity contribution in [1.29, 1.82) is 0 Å². The van der Waals surface area contributed by atoms with Crippen molar-refractivity contribution in [1.82, 2.24) is 9.55 Å². The predicted octanol–water partition coefficient (Wildman–Crippen LogP) is 4.87. The van der Waals surface area contributed by atoms with Crippen molar-refractivity contribution in [2.75, 3.05) is 6.26 Å². The Kier molecular flexibility index (Phi) is 5.37. The number of nitrogens with zero attached hydrogens (tertiary/aromatic N) is 2. The number of hydrogen-bond donors (Lipinski definition) is 1. The van der Waals surface area contributed by atoms with E-state index in [4.69, 9.17) is 0 Å². The van der Waals surface area contributed by atoms with Crippen molar-refractivity contribution in [3.05, 3.63) is 77.9 Å². The van der Waals surface area contributed by atoms with Crippen molar-refractivity contribution in [2.24, 2.45) is 0 Å². The zero-order valence-corrected chi connectivity index (χ0v) is 18.6. The molecule has 1 aliphatic rings. The summed E-state index contributed by atoms with van der Waals surface area (Å²) in [4.78, 5) is 4.50. The van der Waals surface area contributed by atoms with Crippen LogP contribution in [0.4, 0.5) is 13.2 Å². The summed E-state index contributed by atoms with van der Waals surface area (Å²) < 4.78 is 70.8. The average molecular weight is 488 g/mol. The van der Waals surface area contributed by atoms with Gasteiger partial charge in [-0.2, -0.15) is 8.78 Å². The van der Waals surface area contributed by atoms with Gasteiger partial charge >= 0.3 is 6.61 Å². The van der Waals surface area contributed by atoms with Gasteiger partial charge in [-0.1, -0.05) is 30.3 Å². The lowest BCUT2D eigenvalue weighted by atomic mass is 10.0. The Morgan fingerprint density at radius 2 is 1.82 bits per heavy atom. The molecule has 1 N–H and O–H groups in total. The van der Waals surface area contributed by atoms with Crippen LogP contribution in [0.2, 0.25) is 0 Å². The molecule has 1 aromatic heterocycles. The van der Waals surface area contributed by atoms with Gasteiger partial charge < -0.3 is 14.4 Å². The molecule has 0 amide bonds. The molecule has 0 bridgehead atoms. The van der Waals surface area contributed by atoms with Gasteiger partial charge in [0.15, 0.2) is 9.84 Å². The highest BCUT2D eigenvalue weighted by Gasteiger charge is 2.36. The van der Waals surface area contributed by atoms with Crippen molar-refractivity contribution >= 4 is 20.9 Å². The fourth-order valence-corrected chi connectivity index (χ4v) is 5.08. The van der Waals surface area contributed by atoms with E-state index < -0.39 is 34.4 Å². The molecule has 5 rings (SSSR count). The second kappa shape index (κ2) is 8.14. The molecule has 3 aromatic carbocycles. The van der Waals surface area contributed by atoms with E-state index >= 15 is 0 Å². The number of halogens is 3. The molecule has 1 aliphatic heterocycles. The Bertz CT molecular complexity index is 1500. The van der Waals surface area contributed by atoms with Crippen molar-refractivity contribution in [3.63, 3.8) is 0 Å². The van der Waals surface area contributed by atoms with Crippen LogP contribution >= 0.6 is 0 Å². The van der Waals surface area contributed by atoms with E-state index in [1.807, 2.05) is 0 Å². The van der Waals surface area contributed by atoms with E-state index in [0.29, 0.717) is 28.0 Å². The summed E-state index contributed by atoms with van der Waals surface area (Å²) in [6, 6.07) is 14.4. The van der Waals surface area contributed by atoms with E-state index in [0.717, 1.165) is 6.26 Å². The second-order valence-electron chi connectivity index (χ2n) is 8.14. The van der Waals surface area contributed by atoms with E-state index in [1.54, 1.807) is 28.8 Å². The zero-order chi connectivity index (χ0) is 24.2. The first kappa shape index (κ1) is 22.4.